The molecule has 0 unspecified atom stereocenters. The molecule has 2 aromatic carbocycles. The fourth-order valence-corrected chi connectivity index (χ4v) is 7.74. The minimum atomic E-state index is -4.64. The van der Waals surface area contributed by atoms with Crippen molar-refractivity contribution in [2.24, 2.45) is 4.99 Å². The van der Waals surface area contributed by atoms with Crippen LogP contribution < -0.4 is 4.90 Å². The van der Waals surface area contributed by atoms with Crippen LogP contribution in [-0.4, -0.2) is 42.3 Å². The van der Waals surface area contributed by atoms with Gasteiger partial charge < -0.3 is 4.90 Å². The number of nitrogens with zero attached hydrogens (tertiary/aromatic N) is 2. The summed E-state index contributed by atoms with van der Waals surface area (Å²) < 4.78 is 65.2. The largest absolute Gasteiger partial charge is 0.418 e. The number of carbonyl (C=O) groups excluding carboxylic acids is 1. The lowest BCUT2D eigenvalue weighted by Gasteiger charge is -2.27. The fourth-order valence-electron chi connectivity index (χ4n) is 3.69. The summed E-state index contributed by atoms with van der Waals surface area (Å²) in [6.07, 6.45) is -4.70. The Morgan fingerprint density at radius 1 is 1.13 bits per heavy atom. The van der Waals surface area contributed by atoms with Crippen LogP contribution in [0.5, 0.6) is 0 Å². The standard InChI is InChI=1S/C20H16ClF3N2O3S2/c21-13-7-5-12(6-8-13)9-18(27)25-19-26(16-10-31(28,29)11-17(16)30-19)15-4-2-1-3-14(15)20(22,23)24/h1-8,16-17H,9-11H2/t16-,17+/m0/s1. The van der Waals surface area contributed by atoms with E-state index in [1.165, 1.54) is 23.1 Å². The van der Waals surface area contributed by atoms with Gasteiger partial charge in [-0.15, -0.1) is 0 Å². The zero-order valence-electron chi connectivity index (χ0n) is 15.8. The molecule has 2 aromatic rings. The van der Waals surface area contributed by atoms with E-state index in [0.717, 1.165) is 17.8 Å². The number of amidine groups is 1. The highest BCUT2D eigenvalue weighted by atomic mass is 35.5. The summed E-state index contributed by atoms with van der Waals surface area (Å²) in [5.74, 6) is -0.999. The van der Waals surface area contributed by atoms with Crippen LogP contribution >= 0.6 is 23.4 Å². The van der Waals surface area contributed by atoms with Crippen LogP contribution in [0, 0.1) is 0 Å². The topological polar surface area (TPSA) is 66.8 Å². The maximum Gasteiger partial charge on any atom is 0.418 e. The average Bonchev–Trinajstić information content (AvgIpc) is 3.13. The zero-order chi connectivity index (χ0) is 22.4. The normalized spacial score (nSPS) is 23.9. The smallest absolute Gasteiger partial charge is 0.315 e. The first kappa shape index (κ1) is 22.2. The molecule has 2 aliphatic rings. The maximum atomic E-state index is 13.6. The summed E-state index contributed by atoms with van der Waals surface area (Å²) in [5, 5.41) is 0.103. The molecule has 0 radical (unpaired) electrons. The lowest BCUT2D eigenvalue weighted by atomic mass is 10.1. The van der Waals surface area contributed by atoms with Crippen molar-refractivity contribution in [3.05, 3.63) is 64.7 Å². The van der Waals surface area contributed by atoms with Gasteiger partial charge in [-0.05, 0) is 29.8 Å². The van der Waals surface area contributed by atoms with Gasteiger partial charge in [-0.2, -0.15) is 18.2 Å². The molecule has 1 amide bonds. The Bertz CT molecular complexity index is 1150. The summed E-state index contributed by atoms with van der Waals surface area (Å²) in [5.41, 5.74) is -0.449. The third-order valence-corrected chi connectivity index (χ3v) is 8.49. The van der Waals surface area contributed by atoms with Crippen molar-refractivity contribution in [1.82, 2.24) is 0 Å². The number of para-hydroxylation sites is 1. The van der Waals surface area contributed by atoms with Crippen LogP contribution in [0.4, 0.5) is 18.9 Å². The number of alkyl halides is 3. The SMILES string of the molecule is O=C(Cc1ccc(Cl)cc1)N=C1S[C@@H]2CS(=O)(=O)C[C@@H]2N1c1ccccc1C(F)(F)F. The van der Waals surface area contributed by atoms with Gasteiger partial charge in [0.05, 0.1) is 35.2 Å². The monoisotopic (exact) mass is 488 g/mol. The van der Waals surface area contributed by atoms with Gasteiger partial charge in [0.2, 0.25) is 0 Å². The second-order valence-corrected chi connectivity index (χ2v) is 11.1. The first-order chi connectivity index (χ1) is 14.5. The Labute approximate surface area is 186 Å². The number of hydrogen-bond donors (Lipinski definition) is 0. The van der Waals surface area contributed by atoms with Crippen molar-refractivity contribution >= 4 is 50.0 Å². The molecule has 11 heteroatoms. The second kappa shape index (κ2) is 8.14. The van der Waals surface area contributed by atoms with E-state index in [0.29, 0.717) is 10.6 Å². The van der Waals surface area contributed by atoms with Gasteiger partial charge in [-0.3, -0.25) is 4.79 Å². The highest BCUT2D eigenvalue weighted by molar-refractivity contribution is 8.16. The number of carbonyl (C=O) groups is 1. The minimum absolute atomic E-state index is 0.0520. The lowest BCUT2D eigenvalue weighted by Crippen LogP contribution is -2.39. The molecule has 5 nitrogen and oxygen atoms in total. The number of thioether (sulfide) groups is 1. The number of anilines is 1. The van der Waals surface area contributed by atoms with E-state index in [1.807, 2.05) is 0 Å². The number of rotatable bonds is 3. The number of hydrogen-bond acceptors (Lipinski definition) is 4. The first-order valence-electron chi connectivity index (χ1n) is 9.22. The number of sulfone groups is 1. The van der Waals surface area contributed by atoms with Crippen molar-refractivity contribution in [3.8, 4) is 0 Å². The van der Waals surface area contributed by atoms with E-state index in [-0.39, 0.29) is 28.8 Å². The van der Waals surface area contributed by atoms with Gasteiger partial charge in [-0.25, -0.2) is 8.42 Å². The molecule has 2 heterocycles. The number of fused-ring (bicyclic) bond motifs is 1. The predicted octanol–water partition coefficient (Wildman–Crippen LogP) is 4.20. The summed E-state index contributed by atoms with van der Waals surface area (Å²) in [4.78, 5) is 17.9. The van der Waals surface area contributed by atoms with Gasteiger partial charge >= 0.3 is 6.18 Å². The molecular weight excluding hydrogens is 473 g/mol. The van der Waals surface area contributed by atoms with E-state index < -0.39 is 38.8 Å². The van der Waals surface area contributed by atoms with Crippen LogP contribution in [0.25, 0.3) is 0 Å². The quantitative estimate of drug-likeness (QED) is 0.647. The molecule has 164 valence electrons. The first-order valence-corrected chi connectivity index (χ1v) is 12.3. The van der Waals surface area contributed by atoms with Crippen molar-refractivity contribution in [3.63, 3.8) is 0 Å². The molecule has 0 aromatic heterocycles. The third kappa shape index (κ3) is 4.75. The molecule has 2 saturated heterocycles. The van der Waals surface area contributed by atoms with Gasteiger partial charge in [0.25, 0.3) is 5.91 Å². The summed E-state index contributed by atoms with van der Waals surface area (Å²) in [6.45, 7) is 0. The van der Waals surface area contributed by atoms with E-state index in [1.54, 1.807) is 24.3 Å². The van der Waals surface area contributed by atoms with Crippen LogP contribution in [0.1, 0.15) is 11.1 Å². The molecule has 2 atom stereocenters. The Morgan fingerprint density at radius 3 is 2.48 bits per heavy atom. The maximum absolute atomic E-state index is 13.6. The molecule has 0 saturated carbocycles. The molecule has 0 spiro atoms. The summed E-state index contributed by atoms with van der Waals surface area (Å²) in [6, 6.07) is 10.8. The molecule has 2 aliphatic heterocycles. The van der Waals surface area contributed by atoms with Gasteiger partial charge in [0.1, 0.15) is 0 Å². The summed E-state index contributed by atoms with van der Waals surface area (Å²) in [7, 11) is -3.40. The molecule has 2 fully saturated rings. The van der Waals surface area contributed by atoms with E-state index in [9.17, 15) is 26.4 Å². The Kier molecular flexibility index (Phi) is 5.82. The molecule has 0 aliphatic carbocycles. The van der Waals surface area contributed by atoms with Crippen LogP contribution in [-0.2, 0) is 27.2 Å². The molecular formula is C20H16ClF3N2O3S2. The van der Waals surface area contributed by atoms with Gasteiger partial charge in [-0.1, -0.05) is 47.6 Å². The van der Waals surface area contributed by atoms with Crippen molar-refractivity contribution < 1.29 is 26.4 Å². The Hall–Kier alpha value is -2.04. The van der Waals surface area contributed by atoms with Crippen LogP contribution in [0.2, 0.25) is 5.02 Å². The molecule has 31 heavy (non-hydrogen) atoms. The Balaban J connectivity index is 1.71. The van der Waals surface area contributed by atoms with Crippen LogP contribution in [0.15, 0.2) is 53.5 Å². The highest BCUT2D eigenvalue weighted by Crippen LogP contribution is 2.45. The van der Waals surface area contributed by atoms with Crippen molar-refractivity contribution in [2.45, 2.75) is 23.9 Å². The minimum Gasteiger partial charge on any atom is -0.315 e. The van der Waals surface area contributed by atoms with Gasteiger partial charge in [0, 0.05) is 10.3 Å². The number of halogens is 4. The third-order valence-electron chi connectivity index (χ3n) is 5.02. The van der Waals surface area contributed by atoms with Crippen molar-refractivity contribution in [1.29, 1.82) is 0 Å². The second-order valence-electron chi connectivity index (χ2n) is 7.28. The summed E-state index contributed by atoms with van der Waals surface area (Å²) >= 11 is 6.87. The molecule has 0 N–H and O–H groups in total. The fraction of sp³-hybridized carbons (Fsp3) is 0.300. The zero-order valence-corrected chi connectivity index (χ0v) is 18.2. The number of benzene rings is 2. The van der Waals surface area contributed by atoms with E-state index in [4.69, 9.17) is 11.6 Å². The average molecular weight is 489 g/mol. The lowest BCUT2D eigenvalue weighted by molar-refractivity contribution is -0.137. The van der Waals surface area contributed by atoms with E-state index >= 15 is 0 Å². The Morgan fingerprint density at radius 2 is 1.81 bits per heavy atom. The number of amides is 1. The van der Waals surface area contributed by atoms with Crippen molar-refractivity contribution in [2.75, 3.05) is 16.4 Å². The predicted molar refractivity (Wildman–Crippen MR) is 115 cm³/mol. The highest BCUT2D eigenvalue weighted by Gasteiger charge is 2.51. The number of aliphatic imine (C=N–C) groups is 1. The van der Waals surface area contributed by atoms with E-state index in [2.05, 4.69) is 4.99 Å². The molecule has 0 bridgehead atoms. The van der Waals surface area contributed by atoms with Crippen LogP contribution in [0.3, 0.4) is 0 Å². The van der Waals surface area contributed by atoms with Gasteiger partial charge in [0.15, 0.2) is 15.0 Å². The molecule has 4 rings (SSSR count).